The molecule has 1 aliphatic heterocycles. The van der Waals surface area contributed by atoms with Crippen LogP contribution in [0.2, 0.25) is 0 Å². The number of ether oxygens (including phenoxy) is 1. The van der Waals surface area contributed by atoms with Crippen LogP contribution < -0.4 is 31.8 Å². The Morgan fingerprint density at radius 1 is 0.971 bits per heavy atom. The van der Waals surface area contributed by atoms with Crippen LogP contribution in [0.4, 0.5) is 10.5 Å². The fourth-order valence-electron chi connectivity index (χ4n) is 4.15. The molecule has 1 aliphatic carbocycles. The Morgan fingerprint density at radius 3 is 2.43 bits per heavy atom. The van der Waals surface area contributed by atoms with Gasteiger partial charge in [0, 0.05) is 11.1 Å². The third-order valence-electron chi connectivity index (χ3n) is 5.82. The van der Waals surface area contributed by atoms with Crippen molar-refractivity contribution in [3.8, 4) is 11.5 Å². The quantitative estimate of drug-likeness (QED) is 0.321. The van der Waals surface area contributed by atoms with Crippen LogP contribution in [0.15, 0.2) is 72.3 Å². The summed E-state index contributed by atoms with van der Waals surface area (Å²) in [4.78, 5) is 38.1. The number of fused-ring (bicyclic) bond motifs is 3. The van der Waals surface area contributed by atoms with Crippen LogP contribution in [0.5, 0.6) is 11.5 Å². The molecule has 3 amide bonds. The van der Waals surface area contributed by atoms with Gasteiger partial charge in [0.05, 0.1) is 30.1 Å². The highest BCUT2D eigenvalue weighted by molar-refractivity contribution is 6.22. The molecule has 0 radical (unpaired) electrons. The van der Waals surface area contributed by atoms with E-state index in [0.29, 0.717) is 28.3 Å². The zero-order valence-electron chi connectivity index (χ0n) is 18.5. The van der Waals surface area contributed by atoms with Gasteiger partial charge in [-0.2, -0.15) is 0 Å². The van der Waals surface area contributed by atoms with Gasteiger partial charge in [-0.05, 0) is 65.7 Å². The van der Waals surface area contributed by atoms with Crippen molar-refractivity contribution >= 4 is 29.1 Å². The standard InChI is InChI=1S/C25H21N5O5/c1-35-16-11-7-13(8-12-16)21-20-22(28-27-21)17-3-2-4-18(19(17)23(20)32)26-25(34)30-29-24(33)14-5-9-15(31)10-6-14/h2-12,22,27-28,31H,1H3,(H,29,33)(H2,26,30,34). The average molecular weight is 471 g/mol. The van der Waals surface area contributed by atoms with E-state index in [1.807, 2.05) is 30.3 Å². The van der Waals surface area contributed by atoms with Gasteiger partial charge in [0.1, 0.15) is 11.5 Å². The summed E-state index contributed by atoms with van der Waals surface area (Å²) < 4.78 is 5.21. The van der Waals surface area contributed by atoms with Crippen molar-refractivity contribution in [2.24, 2.45) is 0 Å². The largest absolute Gasteiger partial charge is 0.508 e. The lowest BCUT2D eigenvalue weighted by molar-refractivity contribution is 0.0937. The number of carbonyl (C=O) groups is 3. The molecular weight excluding hydrogens is 450 g/mol. The summed E-state index contributed by atoms with van der Waals surface area (Å²) in [6.45, 7) is 0. The molecule has 5 rings (SSSR count). The number of anilines is 1. The number of nitrogens with one attached hydrogen (secondary N) is 5. The smallest absolute Gasteiger partial charge is 0.337 e. The molecule has 10 nitrogen and oxygen atoms in total. The van der Waals surface area contributed by atoms with E-state index in [0.717, 1.165) is 11.1 Å². The second-order valence-electron chi connectivity index (χ2n) is 7.90. The summed E-state index contributed by atoms with van der Waals surface area (Å²) in [7, 11) is 1.59. The first-order valence-corrected chi connectivity index (χ1v) is 10.7. The van der Waals surface area contributed by atoms with Crippen molar-refractivity contribution in [3.05, 3.63) is 94.6 Å². The summed E-state index contributed by atoms with van der Waals surface area (Å²) in [6.07, 6.45) is 0. The number of aromatic hydroxyl groups is 1. The highest BCUT2D eigenvalue weighted by Crippen LogP contribution is 2.44. The first kappa shape index (κ1) is 22.0. The van der Waals surface area contributed by atoms with Crippen molar-refractivity contribution in [2.45, 2.75) is 6.04 Å². The van der Waals surface area contributed by atoms with Gasteiger partial charge in [0.15, 0.2) is 5.78 Å². The number of Topliss-reactive ketones (excluding diaryl/α,β-unsaturated/α-hetero) is 1. The van der Waals surface area contributed by atoms with Gasteiger partial charge in [-0.25, -0.2) is 15.6 Å². The lowest BCUT2D eigenvalue weighted by atomic mass is 10.0. The fourth-order valence-corrected chi connectivity index (χ4v) is 4.15. The normalized spacial score (nSPS) is 15.7. The maximum Gasteiger partial charge on any atom is 0.337 e. The van der Waals surface area contributed by atoms with Gasteiger partial charge >= 0.3 is 6.03 Å². The number of amides is 3. The number of urea groups is 1. The van der Waals surface area contributed by atoms with Gasteiger partial charge in [0.2, 0.25) is 0 Å². The predicted octanol–water partition coefficient (Wildman–Crippen LogP) is 2.62. The van der Waals surface area contributed by atoms with Gasteiger partial charge in [-0.15, -0.1) is 0 Å². The van der Waals surface area contributed by atoms with E-state index in [-0.39, 0.29) is 23.1 Å². The zero-order chi connectivity index (χ0) is 24.5. The summed E-state index contributed by atoms with van der Waals surface area (Å²) in [6, 6.07) is 17.0. The molecule has 10 heteroatoms. The highest BCUT2D eigenvalue weighted by atomic mass is 16.5. The number of hydrogen-bond acceptors (Lipinski definition) is 7. The molecule has 35 heavy (non-hydrogen) atoms. The molecular formula is C25H21N5O5. The van der Waals surface area contributed by atoms with Crippen LogP contribution in [0.25, 0.3) is 5.70 Å². The molecule has 0 saturated carbocycles. The first-order valence-electron chi connectivity index (χ1n) is 10.7. The summed E-state index contributed by atoms with van der Waals surface area (Å²) >= 11 is 0. The number of carbonyl (C=O) groups excluding carboxylic acids is 3. The number of methoxy groups -OCH3 is 1. The number of hydrogen-bond donors (Lipinski definition) is 6. The van der Waals surface area contributed by atoms with Crippen molar-refractivity contribution in [1.29, 1.82) is 0 Å². The third-order valence-corrected chi connectivity index (χ3v) is 5.82. The van der Waals surface area contributed by atoms with E-state index >= 15 is 0 Å². The third kappa shape index (κ3) is 4.02. The van der Waals surface area contributed by atoms with Crippen LogP contribution in [0, 0.1) is 0 Å². The minimum absolute atomic E-state index is 0.0228. The molecule has 6 N–H and O–H groups in total. The second kappa shape index (κ2) is 8.84. The van der Waals surface area contributed by atoms with E-state index < -0.39 is 11.9 Å². The molecule has 0 saturated heterocycles. The van der Waals surface area contributed by atoms with E-state index in [1.54, 1.807) is 19.2 Å². The lowest BCUT2D eigenvalue weighted by Gasteiger charge is -2.13. The van der Waals surface area contributed by atoms with E-state index in [4.69, 9.17) is 4.74 Å². The summed E-state index contributed by atoms with van der Waals surface area (Å²) in [5, 5.41) is 12.0. The molecule has 0 aromatic heterocycles. The maximum absolute atomic E-state index is 13.4. The Morgan fingerprint density at radius 2 is 1.71 bits per heavy atom. The van der Waals surface area contributed by atoms with E-state index in [2.05, 4.69) is 27.0 Å². The minimum Gasteiger partial charge on any atom is -0.508 e. The Hall–Kier alpha value is -4.83. The van der Waals surface area contributed by atoms with Crippen molar-refractivity contribution in [2.75, 3.05) is 12.4 Å². The monoisotopic (exact) mass is 471 g/mol. The van der Waals surface area contributed by atoms with Gasteiger partial charge < -0.3 is 20.6 Å². The fraction of sp³-hybridized carbons (Fsp3) is 0.0800. The van der Waals surface area contributed by atoms with Crippen LogP contribution in [0.1, 0.15) is 37.9 Å². The number of benzene rings is 3. The number of rotatable bonds is 4. The summed E-state index contributed by atoms with van der Waals surface area (Å²) in [5.74, 6) is -0.0431. The molecule has 3 aromatic carbocycles. The van der Waals surface area contributed by atoms with E-state index in [1.165, 1.54) is 24.3 Å². The van der Waals surface area contributed by atoms with Crippen LogP contribution in [-0.4, -0.2) is 29.9 Å². The number of phenolic OH excluding ortho intramolecular Hbond substituents is 1. The SMILES string of the molecule is COc1ccc(C2=C3C(=O)c4c(NC(=O)NNC(=O)c5ccc(O)cc5)cccc4C3NN2)cc1. The molecule has 1 atom stereocenters. The molecule has 1 unspecified atom stereocenters. The number of ketones is 1. The van der Waals surface area contributed by atoms with Gasteiger partial charge in [-0.3, -0.25) is 15.0 Å². The number of hydrazine groups is 2. The molecule has 0 spiro atoms. The predicted molar refractivity (Wildman–Crippen MR) is 127 cm³/mol. The van der Waals surface area contributed by atoms with Crippen molar-refractivity contribution in [1.82, 2.24) is 21.7 Å². The van der Waals surface area contributed by atoms with Gasteiger partial charge in [0.25, 0.3) is 5.91 Å². The van der Waals surface area contributed by atoms with Crippen molar-refractivity contribution < 1.29 is 24.2 Å². The van der Waals surface area contributed by atoms with Crippen LogP contribution in [0.3, 0.4) is 0 Å². The average Bonchev–Trinajstić information content (AvgIpc) is 3.43. The molecule has 1 heterocycles. The van der Waals surface area contributed by atoms with Gasteiger partial charge in [-0.1, -0.05) is 12.1 Å². The Balaban J connectivity index is 1.34. The molecule has 0 bridgehead atoms. The van der Waals surface area contributed by atoms with Crippen molar-refractivity contribution in [3.63, 3.8) is 0 Å². The molecule has 2 aliphatic rings. The molecule has 3 aromatic rings. The minimum atomic E-state index is -0.717. The summed E-state index contributed by atoms with van der Waals surface area (Å²) in [5.41, 5.74) is 14.5. The molecule has 0 fully saturated rings. The zero-order valence-corrected chi connectivity index (χ0v) is 18.5. The lowest BCUT2D eigenvalue weighted by Crippen LogP contribution is -2.44. The Labute approximate surface area is 199 Å². The molecule has 176 valence electrons. The topological polar surface area (TPSA) is 141 Å². The maximum atomic E-state index is 13.4. The number of phenols is 1. The van der Waals surface area contributed by atoms with Crippen LogP contribution >= 0.6 is 0 Å². The van der Waals surface area contributed by atoms with E-state index in [9.17, 15) is 19.5 Å². The van der Waals surface area contributed by atoms with Crippen LogP contribution in [-0.2, 0) is 0 Å². The Bertz CT molecular complexity index is 1370. The second-order valence-corrected chi connectivity index (χ2v) is 7.90. The highest BCUT2D eigenvalue weighted by Gasteiger charge is 2.42. The first-order chi connectivity index (χ1) is 17.0. The Kier molecular flexibility index (Phi) is 5.55.